The Labute approximate surface area is 148 Å². The van der Waals surface area contributed by atoms with Crippen LogP contribution in [0.4, 0.5) is 0 Å². The number of hydrogen-bond acceptors (Lipinski definition) is 7. The van der Waals surface area contributed by atoms with Crippen LogP contribution < -0.4 is 4.74 Å². The number of thiophene rings is 1. The first-order chi connectivity index (χ1) is 12.0. The molecule has 0 fully saturated rings. The molecule has 130 valence electrons. The van der Waals surface area contributed by atoms with E-state index in [2.05, 4.69) is 15.0 Å². The topological polar surface area (TPSA) is 94.2 Å². The minimum absolute atomic E-state index is 0.189. The Morgan fingerprint density at radius 3 is 2.84 bits per heavy atom. The number of H-pyrrole nitrogens is 1. The Bertz CT molecular complexity index is 945. The van der Waals surface area contributed by atoms with Gasteiger partial charge in [0.25, 0.3) is 0 Å². The lowest BCUT2D eigenvalue weighted by Crippen LogP contribution is -2.14. The molecule has 1 N–H and O–H groups in total. The monoisotopic (exact) mass is 359 g/mol. The summed E-state index contributed by atoms with van der Waals surface area (Å²) in [5, 5.41) is 2.66. The number of rotatable bonds is 6. The van der Waals surface area contributed by atoms with Gasteiger partial charge in [-0.15, -0.1) is 11.3 Å². The predicted molar refractivity (Wildman–Crippen MR) is 93.5 cm³/mol. The fourth-order valence-electron chi connectivity index (χ4n) is 2.63. The van der Waals surface area contributed by atoms with Gasteiger partial charge in [-0.25, -0.2) is 14.8 Å². The standard InChI is InChI=1S/C17H17N3O4S/c1-4-23-17(22)13-9(2)14(20-10(13)3)12(21)7-24-15-11-5-6-25-16(11)19-8-18-15/h5-6,8,20H,4,7H2,1-3H3. The zero-order valence-electron chi connectivity index (χ0n) is 14.1. The molecule has 3 aromatic heterocycles. The second-order valence-corrected chi connectivity index (χ2v) is 6.27. The van der Waals surface area contributed by atoms with Gasteiger partial charge >= 0.3 is 5.97 Å². The first-order valence-electron chi connectivity index (χ1n) is 7.73. The molecule has 0 aliphatic rings. The van der Waals surface area contributed by atoms with Crippen molar-refractivity contribution >= 4 is 33.3 Å². The van der Waals surface area contributed by atoms with E-state index in [1.54, 1.807) is 20.8 Å². The lowest BCUT2D eigenvalue weighted by Gasteiger charge is -2.05. The molecule has 0 atom stereocenters. The molecular weight excluding hydrogens is 342 g/mol. The maximum atomic E-state index is 12.5. The highest BCUT2D eigenvalue weighted by Gasteiger charge is 2.23. The Balaban J connectivity index is 1.79. The number of fused-ring (bicyclic) bond motifs is 1. The van der Waals surface area contributed by atoms with E-state index >= 15 is 0 Å². The zero-order chi connectivity index (χ0) is 18.0. The molecule has 3 rings (SSSR count). The molecule has 0 radical (unpaired) electrons. The molecule has 8 heteroatoms. The average molecular weight is 359 g/mol. The van der Waals surface area contributed by atoms with E-state index in [1.807, 2.05) is 11.4 Å². The van der Waals surface area contributed by atoms with Gasteiger partial charge in [-0.1, -0.05) is 0 Å². The number of nitrogens with zero attached hydrogens (tertiary/aromatic N) is 2. The highest BCUT2D eigenvalue weighted by atomic mass is 32.1. The number of carbonyl (C=O) groups is 2. The highest BCUT2D eigenvalue weighted by molar-refractivity contribution is 7.16. The lowest BCUT2D eigenvalue weighted by atomic mass is 10.1. The van der Waals surface area contributed by atoms with E-state index in [9.17, 15) is 9.59 Å². The molecule has 0 aliphatic carbocycles. The SMILES string of the molecule is CCOC(=O)c1c(C)[nH]c(C(=O)COc2ncnc3sccc23)c1C. The largest absolute Gasteiger partial charge is 0.469 e. The van der Waals surface area contributed by atoms with E-state index in [0.717, 1.165) is 10.2 Å². The van der Waals surface area contributed by atoms with Crippen LogP contribution in [0.2, 0.25) is 0 Å². The number of Topliss-reactive ketones (excluding diaryl/α,β-unsaturated/α-hetero) is 1. The van der Waals surface area contributed by atoms with Gasteiger partial charge < -0.3 is 14.5 Å². The Kier molecular flexibility index (Phi) is 4.80. The number of aryl methyl sites for hydroxylation is 1. The van der Waals surface area contributed by atoms with E-state index in [1.165, 1.54) is 17.7 Å². The van der Waals surface area contributed by atoms with E-state index in [-0.39, 0.29) is 19.0 Å². The number of ether oxygens (including phenoxy) is 2. The number of aromatic nitrogens is 3. The Hall–Kier alpha value is -2.74. The van der Waals surface area contributed by atoms with E-state index < -0.39 is 5.97 Å². The molecule has 0 saturated carbocycles. The van der Waals surface area contributed by atoms with Gasteiger partial charge in [-0.05, 0) is 37.8 Å². The van der Waals surface area contributed by atoms with Crippen LogP contribution in [0.5, 0.6) is 5.88 Å². The minimum Gasteiger partial charge on any atom is -0.469 e. The van der Waals surface area contributed by atoms with Crippen molar-refractivity contribution in [1.82, 2.24) is 15.0 Å². The quantitative estimate of drug-likeness (QED) is 0.537. The third-order valence-corrected chi connectivity index (χ3v) is 4.58. The molecule has 0 aliphatic heterocycles. The van der Waals surface area contributed by atoms with Crippen molar-refractivity contribution in [3.8, 4) is 5.88 Å². The van der Waals surface area contributed by atoms with Gasteiger partial charge in [0, 0.05) is 5.69 Å². The number of esters is 1. The first kappa shape index (κ1) is 17.1. The molecule has 3 heterocycles. The molecule has 3 aromatic rings. The van der Waals surface area contributed by atoms with Crippen LogP contribution >= 0.6 is 11.3 Å². The van der Waals surface area contributed by atoms with Crippen molar-refractivity contribution in [3.05, 3.63) is 40.3 Å². The molecule has 25 heavy (non-hydrogen) atoms. The van der Waals surface area contributed by atoms with Crippen LogP contribution in [0.1, 0.15) is 39.0 Å². The molecular formula is C17H17N3O4S. The summed E-state index contributed by atoms with van der Waals surface area (Å²) in [4.78, 5) is 36.5. The first-order valence-corrected chi connectivity index (χ1v) is 8.61. The summed E-state index contributed by atoms with van der Waals surface area (Å²) in [5.74, 6) is -0.339. The van der Waals surface area contributed by atoms with Crippen LogP contribution in [0.15, 0.2) is 17.8 Å². The van der Waals surface area contributed by atoms with Gasteiger partial charge in [-0.2, -0.15) is 0 Å². The summed E-state index contributed by atoms with van der Waals surface area (Å²) in [5.41, 5.74) is 1.90. The van der Waals surface area contributed by atoms with Crippen molar-refractivity contribution < 1.29 is 19.1 Å². The van der Waals surface area contributed by atoms with Crippen LogP contribution in [0.25, 0.3) is 10.2 Å². The maximum absolute atomic E-state index is 12.5. The number of carbonyl (C=O) groups excluding carboxylic acids is 2. The third-order valence-electron chi connectivity index (χ3n) is 3.76. The summed E-state index contributed by atoms with van der Waals surface area (Å²) in [6, 6.07) is 1.85. The van der Waals surface area contributed by atoms with E-state index in [0.29, 0.717) is 28.4 Å². The fourth-order valence-corrected chi connectivity index (χ4v) is 3.35. The predicted octanol–water partition coefficient (Wildman–Crippen LogP) is 3.07. The molecule has 7 nitrogen and oxygen atoms in total. The van der Waals surface area contributed by atoms with Crippen LogP contribution in [0.3, 0.4) is 0 Å². The normalized spacial score (nSPS) is 10.8. The van der Waals surface area contributed by atoms with Crippen LogP contribution in [-0.4, -0.2) is 39.9 Å². The minimum atomic E-state index is -0.440. The highest BCUT2D eigenvalue weighted by Crippen LogP contribution is 2.26. The maximum Gasteiger partial charge on any atom is 0.340 e. The number of aromatic amines is 1. The molecule has 0 spiro atoms. The molecule has 0 aromatic carbocycles. The van der Waals surface area contributed by atoms with Crippen LogP contribution in [0, 0.1) is 13.8 Å². The molecule has 0 saturated heterocycles. The van der Waals surface area contributed by atoms with Gasteiger partial charge in [0.15, 0.2) is 6.61 Å². The Morgan fingerprint density at radius 2 is 2.08 bits per heavy atom. The smallest absolute Gasteiger partial charge is 0.340 e. The summed E-state index contributed by atoms with van der Waals surface area (Å²) >= 11 is 1.47. The van der Waals surface area contributed by atoms with Crippen LogP contribution in [-0.2, 0) is 4.74 Å². The van der Waals surface area contributed by atoms with E-state index in [4.69, 9.17) is 9.47 Å². The van der Waals surface area contributed by atoms with Crippen molar-refractivity contribution in [1.29, 1.82) is 0 Å². The fraction of sp³-hybridized carbons (Fsp3) is 0.294. The van der Waals surface area contributed by atoms with Crippen molar-refractivity contribution in [2.24, 2.45) is 0 Å². The summed E-state index contributed by atoms with van der Waals surface area (Å²) in [6.45, 7) is 5.27. The van der Waals surface area contributed by atoms with Gasteiger partial charge in [0.2, 0.25) is 11.7 Å². The second-order valence-electron chi connectivity index (χ2n) is 5.38. The van der Waals surface area contributed by atoms with Gasteiger partial charge in [0.05, 0.1) is 23.3 Å². The summed E-state index contributed by atoms with van der Waals surface area (Å²) < 4.78 is 10.6. The average Bonchev–Trinajstić information content (AvgIpc) is 3.17. The molecule has 0 bridgehead atoms. The van der Waals surface area contributed by atoms with Gasteiger partial charge in [0.1, 0.15) is 11.2 Å². The number of ketones is 1. The number of hydrogen-bond donors (Lipinski definition) is 1. The number of nitrogens with one attached hydrogen (secondary N) is 1. The summed E-state index contributed by atoms with van der Waals surface area (Å²) in [7, 11) is 0. The third kappa shape index (κ3) is 3.25. The molecule has 0 unspecified atom stereocenters. The second kappa shape index (κ2) is 7.02. The van der Waals surface area contributed by atoms with Crippen molar-refractivity contribution in [3.63, 3.8) is 0 Å². The molecule has 0 amide bonds. The van der Waals surface area contributed by atoms with Crippen molar-refractivity contribution in [2.75, 3.05) is 13.2 Å². The van der Waals surface area contributed by atoms with Gasteiger partial charge in [-0.3, -0.25) is 4.79 Å². The van der Waals surface area contributed by atoms with Crippen molar-refractivity contribution in [2.45, 2.75) is 20.8 Å². The lowest BCUT2D eigenvalue weighted by molar-refractivity contribution is 0.0525. The summed E-state index contributed by atoms with van der Waals surface area (Å²) in [6.07, 6.45) is 1.40. The Morgan fingerprint density at radius 1 is 1.28 bits per heavy atom. The zero-order valence-corrected chi connectivity index (χ0v) is 14.9.